The summed E-state index contributed by atoms with van der Waals surface area (Å²) >= 11 is 0. The van der Waals surface area contributed by atoms with Crippen LogP contribution >= 0.6 is 0 Å². The van der Waals surface area contributed by atoms with Crippen molar-refractivity contribution in [3.8, 4) is 0 Å². The van der Waals surface area contributed by atoms with Crippen molar-refractivity contribution in [2.45, 2.75) is 63.6 Å². The molecule has 178 valence electrons. The number of amides is 2. The van der Waals surface area contributed by atoms with Gasteiger partial charge in [-0.15, -0.1) is 0 Å². The van der Waals surface area contributed by atoms with E-state index in [4.69, 9.17) is 4.74 Å². The Kier molecular flexibility index (Phi) is 8.30. The van der Waals surface area contributed by atoms with Crippen LogP contribution in [0.25, 0.3) is 0 Å². The monoisotopic (exact) mass is 465 g/mol. The second-order valence-electron chi connectivity index (χ2n) is 8.84. The van der Waals surface area contributed by atoms with Crippen LogP contribution in [-0.4, -0.2) is 74.4 Å². The summed E-state index contributed by atoms with van der Waals surface area (Å²) in [4.78, 5) is 27.4. The van der Waals surface area contributed by atoms with Crippen molar-refractivity contribution in [1.82, 2.24) is 14.5 Å². The minimum Gasteiger partial charge on any atom is -0.373 e. The Hall–Kier alpha value is -1.97. The molecular formula is C23H35N3O5S. The van der Waals surface area contributed by atoms with Gasteiger partial charge < -0.3 is 15.0 Å². The molecule has 0 aliphatic carbocycles. The lowest BCUT2D eigenvalue weighted by Gasteiger charge is -2.34. The van der Waals surface area contributed by atoms with E-state index in [2.05, 4.69) is 12.2 Å². The van der Waals surface area contributed by atoms with Gasteiger partial charge in [-0.2, -0.15) is 4.31 Å². The number of piperidine rings is 1. The van der Waals surface area contributed by atoms with Crippen LogP contribution in [0.3, 0.4) is 0 Å². The SMILES string of the molecule is CCCCNC(=O)C1CCCN(C(=O)c2cccc(S(=O)(=O)N3CC(C)OC(C)C3)c2)C1. The summed E-state index contributed by atoms with van der Waals surface area (Å²) in [7, 11) is -3.73. The van der Waals surface area contributed by atoms with Crippen molar-refractivity contribution in [2.24, 2.45) is 5.92 Å². The summed E-state index contributed by atoms with van der Waals surface area (Å²) in [6.07, 6.45) is 3.07. The first-order valence-electron chi connectivity index (χ1n) is 11.5. The summed E-state index contributed by atoms with van der Waals surface area (Å²) in [5.41, 5.74) is 0.326. The molecule has 32 heavy (non-hydrogen) atoms. The van der Waals surface area contributed by atoms with Crippen molar-refractivity contribution in [3.63, 3.8) is 0 Å². The number of benzene rings is 1. The Morgan fingerprint density at radius 2 is 1.88 bits per heavy atom. The summed E-state index contributed by atoms with van der Waals surface area (Å²) in [6, 6.07) is 6.22. The molecule has 2 saturated heterocycles. The highest BCUT2D eigenvalue weighted by Gasteiger charge is 2.33. The third kappa shape index (κ3) is 5.88. The average molecular weight is 466 g/mol. The van der Waals surface area contributed by atoms with E-state index in [1.165, 1.54) is 16.4 Å². The number of rotatable bonds is 7. The molecule has 1 aromatic carbocycles. The second kappa shape index (κ2) is 10.8. The molecule has 1 N–H and O–H groups in total. The maximum absolute atomic E-state index is 13.2. The zero-order valence-corrected chi connectivity index (χ0v) is 20.1. The fourth-order valence-electron chi connectivity index (χ4n) is 4.36. The van der Waals surface area contributed by atoms with E-state index >= 15 is 0 Å². The molecule has 0 bridgehead atoms. The standard InChI is InChI=1S/C23H35N3O5S/c1-4-5-11-24-22(27)20-9-7-12-25(16-20)23(28)19-8-6-10-21(13-19)32(29,30)26-14-17(2)31-18(3)15-26/h6,8,10,13,17-18,20H,4-5,7,9,11-12,14-16H2,1-3H3,(H,24,27). The van der Waals surface area contributed by atoms with Gasteiger partial charge in [-0.25, -0.2) is 8.42 Å². The van der Waals surface area contributed by atoms with Gasteiger partial charge in [-0.1, -0.05) is 19.4 Å². The molecule has 0 aromatic heterocycles. The molecule has 0 spiro atoms. The number of morpholine rings is 1. The minimum absolute atomic E-state index is 0.0113. The van der Waals surface area contributed by atoms with Crippen LogP contribution in [0.5, 0.6) is 0 Å². The average Bonchev–Trinajstić information content (AvgIpc) is 2.78. The van der Waals surface area contributed by atoms with Crippen molar-refractivity contribution < 1.29 is 22.7 Å². The first-order chi connectivity index (χ1) is 15.2. The lowest BCUT2D eigenvalue weighted by Crippen LogP contribution is -2.48. The third-order valence-corrected chi connectivity index (χ3v) is 7.84. The van der Waals surface area contributed by atoms with Gasteiger partial charge in [0.1, 0.15) is 0 Å². The van der Waals surface area contributed by atoms with Crippen LogP contribution < -0.4 is 5.32 Å². The molecule has 2 heterocycles. The number of hydrogen-bond acceptors (Lipinski definition) is 5. The van der Waals surface area contributed by atoms with E-state index in [0.29, 0.717) is 25.2 Å². The molecule has 0 radical (unpaired) electrons. The van der Waals surface area contributed by atoms with E-state index in [1.807, 2.05) is 13.8 Å². The quantitative estimate of drug-likeness (QED) is 0.623. The fraction of sp³-hybridized carbons (Fsp3) is 0.652. The van der Waals surface area contributed by atoms with Crippen molar-refractivity contribution >= 4 is 21.8 Å². The minimum atomic E-state index is -3.73. The number of sulfonamides is 1. The first-order valence-corrected chi connectivity index (χ1v) is 13.0. The van der Waals surface area contributed by atoms with E-state index in [1.54, 1.807) is 17.0 Å². The number of carbonyl (C=O) groups excluding carboxylic acids is 2. The maximum atomic E-state index is 13.2. The van der Waals surface area contributed by atoms with Crippen LogP contribution in [0.2, 0.25) is 0 Å². The number of hydrogen-bond donors (Lipinski definition) is 1. The number of unbranched alkanes of at least 4 members (excludes halogenated alkanes) is 1. The lowest BCUT2D eigenvalue weighted by atomic mass is 9.96. The molecule has 0 saturated carbocycles. The fourth-order valence-corrected chi connectivity index (χ4v) is 5.99. The van der Waals surface area contributed by atoms with Crippen LogP contribution in [0.1, 0.15) is 56.8 Å². The number of carbonyl (C=O) groups is 2. The summed E-state index contributed by atoms with van der Waals surface area (Å²) in [6.45, 7) is 7.91. The van der Waals surface area contributed by atoms with E-state index < -0.39 is 10.0 Å². The predicted molar refractivity (Wildman–Crippen MR) is 122 cm³/mol. The Bertz CT molecular complexity index is 910. The zero-order chi connectivity index (χ0) is 23.3. The van der Waals surface area contributed by atoms with Gasteiger partial charge in [-0.3, -0.25) is 9.59 Å². The van der Waals surface area contributed by atoms with Crippen LogP contribution in [-0.2, 0) is 19.6 Å². The highest BCUT2D eigenvalue weighted by molar-refractivity contribution is 7.89. The normalized spacial score (nSPS) is 24.8. The van der Waals surface area contributed by atoms with Crippen LogP contribution in [0.15, 0.2) is 29.2 Å². The Morgan fingerprint density at radius 1 is 1.16 bits per heavy atom. The largest absolute Gasteiger partial charge is 0.373 e. The van der Waals surface area contributed by atoms with Crippen LogP contribution in [0.4, 0.5) is 0 Å². The van der Waals surface area contributed by atoms with Gasteiger partial charge in [-0.05, 0) is 51.3 Å². The molecule has 3 atom stereocenters. The molecule has 2 aliphatic heterocycles. The Morgan fingerprint density at radius 3 is 2.56 bits per heavy atom. The number of nitrogens with one attached hydrogen (secondary N) is 1. The molecule has 3 unspecified atom stereocenters. The highest BCUT2D eigenvalue weighted by Crippen LogP contribution is 2.24. The van der Waals surface area contributed by atoms with Gasteiger partial charge in [0.2, 0.25) is 15.9 Å². The van der Waals surface area contributed by atoms with E-state index in [0.717, 1.165) is 25.7 Å². The van der Waals surface area contributed by atoms with E-state index in [9.17, 15) is 18.0 Å². The predicted octanol–water partition coefficient (Wildman–Crippen LogP) is 2.25. The van der Waals surface area contributed by atoms with Gasteiger partial charge in [0.05, 0.1) is 23.0 Å². The molecule has 2 aliphatic rings. The summed E-state index contributed by atoms with van der Waals surface area (Å²) in [5, 5.41) is 2.95. The maximum Gasteiger partial charge on any atom is 0.253 e. The van der Waals surface area contributed by atoms with Gasteiger partial charge in [0.15, 0.2) is 0 Å². The topological polar surface area (TPSA) is 96.0 Å². The summed E-state index contributed by atoms with van der Waals surface area (Å²) in [5.74, 6) is -0.479. The lowest BCUT2D eigenvalue weighted by molar-refractivity contribution is -0.126. The number of ether oxygens (including phenoxy) is 1. The molecule has 9 heteroatoms. The summed E-state index contributed by atoms with van der Waals surface area (Å²) < 4.78 is 33.4. The zero-order valence-electron chi connectivity index (χ0n) is 19.2. The number of likely N-dealkylation sites (tertiary alicyclic amines) is 1. The molecule has 2 fully saturated rings. The molecular weight excluding hydrogens is 430 g/mol. The van der Waals surface area contributed by atoms with Gasteiger partial charge in [0, 0.05) is 38.3 Å². The smallest absolute Gasteiger partial charge is 0.253 e. The van der Waals surface area contributed by atoms with Gasteiger partial charge >= 0.3 is 0 Å². The number of nitrogens with zero attached hydrogens (tertiary/aromatic N) is 2. The first kappa shape index (κ1) is 24.7. The molecule has 2 amide bonds. The van der Waals surface area contributed by atoms with Crippen molar-refractivity contribution in [2.75, 3.05) is 32.7 Å². The highest BCUT2D eigenvalue weighted by atomic mass is 32.2. The van der Waals surface area contributed by atoms with E-state index in [-0.39, 0.29) is 47.9 Å². The van der Waals surface area contributed by atoms with Crippen molar-refractivity contribution in [3.05, 3.63) is 29.8 Å². The molecule has 1 aromatic rings. The third-order valence-electron chi connectivity index (χ3n) is 6.01. The molecule has 3 rings (SSSR count). The van der Waals surface area contributed by atoms with Crippen molar-refractivity contribution in [1.29, 1.82) is 0 Å². The second-order valence-corrected chi connectivity index (χ2v) is 10.8. The Labute approximate surface area is 191 Å². The van der Waals surface area contributed by atoms with Crippen LogP contribution in [0, 0.1) is 5.92 Å². The van der Waals surface area contributed by atoms with Gasteiger partial charge in [0.25, 0.3) is 5.91 Å². The molecule has 8 nitrogen and oxygen atoms in total. The Balaban J connectivity index is 1.71.